The molecule has 0 saturated carbocycles. The fraction of sp³-hybridized carbons (Fsp3) is 0.409. The van der Waals surface area contributed by atoms with Crippen LogP contribution >= 0.6 is 11.3 Å². The number of carbonyl (C=O) groups excluding carboxylic acids is 1. The van der Waals surface area contributed by atoms with Gasteiger partial charge in [-0.05, 0) is 49.3 Å². The number of rotatable bonds is 6. The third-order valence-corrected chi connectivity index (χ3v) is 6.43. The number of likely N-dealkylation sites (tertiary alicyclic amines) is 1. The van der Waals surface area contributed by atoms with Crippen LogP contribution in [-0.2, 0) is 4.79 Å². The summed E-state index contributed by atoms with van der Waals surface area (Å²) in [5, 5.41) is 5.12. The molecular formula is C22H26N4OS. The first-order valence-corrected chi connectivity index (χ1v) is 10.9. The third-order valence-electron chi connectivity index (χ3n) is 5.61. The lowest BCUT2D eigenvalue weighted by molar-refractivity contribution is -0.118. The van der Waals surface area contributed by atoms with Crippen molar-refractivity contribution in [2.24, 2.45) is 0 Å². The minimum atomic E-state index is 0.0142. The molecule has 2 atom stereocenters. The lowest BCUT2D eigenvalue weighted by atomic mass is 10.1. The smallest absolute Gasteiger partial charge is 0.239 e. The van der Waals surface area contributed by atoms with Crippen molar-refractivity contribution in [2.75, 3.05) is 11.9 Å². The molecule has 1 aliphatic heterocycles. The van der Waals surface area contributed by atoms with Gasteiger partial charge in [-0.3, -0.25) is 14.7 Å². The minimum absolute atomic E-state index is 0.0142. The molecule has 5 nitrogen and oxygen atoms in total. The molecule has 1 N–H and O–H groups in total. The highest BCUT2D eigenvalue weighted by atomic mass is 32.1. The van der Waals surface area contributed by atoms with Gasteiger partial charge in [-0.1, -0.05) is 25.5 Å². The zero-order valence-electron chi connectivity index (χ0n) is 16.4. The maximum absolute atomic E-state index is 12.7. The Hall–Kier alpha value is -2.31. The maximum atomic E-state index is 12.7. The molecule has 0 spiro atoms. The lowest BCUT2D eigenvalue weighted by Gasteiger charge is -2.27. The number of amides is 1. The number of nitrogens with one attached hydrogen (secondary N) is 1. The van der Waals surface area contributed by atoms with Crippen molar-refractivity contribution in [3.05, 3.63) is 42.2 Å². The topological polar surface area (TPSA) is 58.1 Å². The molecule has 3 heterocycles. The third kappa shape index (κ3) is 4.08. The van der Waals surface area contributed by atoms with Gasteiger partial charge < -0.3 is 5.32 Å². The van der Waals surface area contributed by atoms with Gasteiger partial charge in [-0.2, -0.15) is 0 Å². The molecule has 146 valence electrons. The summed E-state index contributed by atoms with van der Waals surface area (Å²) in [4.78, 5) is 24.7. The number of anilines is 1. The van der Waals surface area contributed by atoms with Gasteiger partial charge in [0.1, 0.15) is 5.82 Å². The highest BCUT2D eigenvalue weighted by molar-refractivity contribution is 7.13. The van der Waals surface area contributed by atoms with Gasteiger partial charge in [-0.25, -0.2) is 4.98 Å². The van der Waals surface area contributed by atoms with Crippen molar-refractivity contribution >= 4 is 33.8 Å². The summed E-state index contributed by atoms with van der Waals surface area (Å²) >= 11 is 1.62. The number of pyridine rings is 1. The van der Waals surface area contributed by atoms with E-state index in [-0.39, 0.29) is 5.91 Å². The molecule has 4 rings (SSSR count). The van der Waals surface area contributed by atoms with Gasteiger partial charge >= 0.3 is 0 Å². The maximum Gasteiger partial charge on any atom is 0.239 e. The van der Waals surface area contributed by atoms with Crippen LogP contribution < -0.4 is 5.32 Å². The van der Waals surface area contributed by atoms with E-state index in [2.05, 4.69) is 52.2 Å². The molecule has 1 aliphatic rings. The molecule has 0 aliphatic carbocycles. The fourth-order valence-electron chi connectivity index (χ4n) is 4.12. The zero-order valence-corrected chi connectivity index (χ0v) is 17.2. The summed E-state index contributed by atoms with van der Waals surface area (Å²) in [6.07, 6.45) is 8.37. The van der Waals surface area contributed by atoms with Gasteiger partial charge in [0.05, 0.1) is 16.9 Å². The molecule has 2 aromatic heterocycles. The first-order valence-electron chi connectivity index (χ1n) is 9.98. The van der Waals surface area contributed by atoms with Crippen molar-refractivity contribution in [1.29, 1.82) is 0 Å². The summed E-state index contributed by atoms with van der Waals surface area (Å²) in [5.41, 5.74) is 2.97. The van der Waals surface area contributed by atoms with Crippen LogP contribution in [0.5, 0.6) is 0 Å². The molecular weight excluding hydrogens is 368 g/mol. The van der Waals surface area contributed by atoms with Crippen LogP contribution in [0.1, 0.15) is 39.5 Å². The molecule has 1 fully saturated rings. The van der Waals surface area contributed by atoms with E-state index in [1.54, 1.807) is 11.3 Å². The van der Waals surface area contributed by atoms with Crippen molar-refractivity contribution in [3.63, 3.8) is 0 Å². The molecule has 0 radical (unpaired) electrons. The van der Waals surface area contributed by atoms with Crippen LogP contribution in [0.15, 0.2) is 42.2 Å². The van der Waals surface area contributed by atoms with E-state index in [9.17, 15) is 4.79 Å². The van der Waals surface area contributed by atoms with Crippen LogP contribution in [0, 0.1) is 0 Å². The summed E-state index contributed by atoms with van der Waals surface area (Å²) in [5.74, 6) is 0.623. The summed E-state index contributed by atoms with van der Waals surface area (Å²) in [6, 6.07) is 9.21. The normalized spacial score (nSPS) is 19.9. The van der Waals surface area contributed by atoms with Crippen molar-refractivity contribution in [1.82, 2.24) is 14.9 Å². The van der Waals surface area contributed by atoms with Crippen LogP contribution in [0.3, 0.4) is 0 Å². The number of hydrogen-bond acceptors (Lipinski definition) is 5. The number of hydrogen-bond donors (Lipinski definition) is 1. The minimum Gasteiger partial charge on any atom is -0.310 e. The Bertz CT molecular complexity index is 954. The largest absolute Gasteiger partial charge is 0.310 e. The number of nitrogens with zero attached hydrogens (tertiary/aromatic N) is 3. The van der Waals surface area contributed by atoms with Gasteiger partial charge in [-0.15, -0.1) is 11.3 Å². The van der Waals surface area contributed by atoms with Crippen molar-refractivity contribution in [2.45, 2.75) is 51.6 Å². The number of fused-ring (bicyclic) bond motifs is 1. The van der Waals surface area contributed by atoms with Gasteiger partial charge in [0.2, 0.25) is 5.91 Å². The van der Waals surface area contributed by atoms with E-state index in [1.807, 2.05) is 24.0 Å². The Balaban J connectivity index is 1.48. The predicted octanol–water partition coefficient (Wildman–Crippen LogP) is 4.95. The van der Waals surface area contributed by atoms with Crippen LogP contribution in [0.2, 0.25) is 0 Å². The molecule has 1 amide bonds. The number of carbonyl (C=O) groups is 1. The second-order valence-electron chi connectivity index (χ2n) is 7.59. The quantitative estimate of drug-likeness (QED) is 0.643. The first kappa shape index (κ1) is 19.0. The molecule has 28 heavy (non-hydrogen) atoms. The lowest BCUT2D eigenvalue weighted by Crippen LogP contribution is -2.40. The van der Waals surface area contributed by atoms with E-state index in [0.29, 0.717) is 24.4 Å². The van der Waals surface area contributed by atoms with Gasteiger partial charge in [0, 0.05) is 29.9 Å². The fourth-order valence-corrected chi connectivity index (χ4v) is 4.74. The second-order valence-corrected chi connectivity index (χ2v) is 8.47. The highest BCUT2D eigenvalue weighted by Gasteiger charge is 2.31. The molecule has 6 heteroatoms. The van der Waals surface area contributed by atoms with E-state index in [1.165, 1.54) is 12.8 Å². The molecule has 1 aromatic carbocycles. The summed E-state index contributed by atoms with van der Waals surface area (Å²) in [6.45, 7) is 4.87. The number of aromatic nitrogens is 2. The SMILES string of the molecule is CCCC1CCC(C)N1CC(=O)Nc1cc2cc(-c3cncs3)ccc2cn1. The average Bonchev–Trinajstić information content (AvgIpc) is 3.34. The molecule has 2 unspecified atom stereocenters. The summed E-state index contributed by atoms with van der Waals surface area (Å²) < 4.78 is 0. The van der Waals surface area contributed by atoms with Crippen molar-refractivity contribution in [3.8, 4) is 10.4 Å². The Morgan fingerprint density at radius 3 is 2.93 bits per heavy atom. The Morgan fingerprint density at radius 2 is 2.14 bits per heavy atom. The van der Waals surface area contributed by atoms with Crippen LogP contribution in [0.25, 0.3) is 21.2 Å². The number of thiazole rings is 1. The van der Waals surface area contributed by atoms with E-state index < -0.39 is 0 Å². The standard InChI is InChI=1S/C22H26N4OS/c1-3-4-19-8-5-15(2)26(19)13-22(27)25-21-10-18-9-16(20-12-23-14-28-20)6-7-17(18)11-24-21/h6-7,9-12,14-15,19H,3-5,8,13H2,1-2H3,(H,24,25,27). The zero-order chi connectivity index (χ0) is 19.5. The average molecular weight is 395 g/mol. The van der Waals surface area contributed by atoms with E-state index in [4.69, 9.17) is 0 Å². The van der Waals surface area contributed by atoms with Crippen molar-refractivity contribution < 1.29 is 4.79 Å². The Morgan fingerprint density at radius 1 is 1.25 bits per heavy atom. The monoisotopic (exact) mass is 394 g/mol. The summed E-state index contributed by atoms with van der Waals surface area (Å²) in [7, 11) is 0. The Labute approximate surface area is 169 Å². The molecule has 0 bridgehead atoms. The van der Waals surface area contributed by atoms with E-state index in [0.717, 1.165) is 34.1 Å². The second kappa shape index (κ2) is 8.37. The molecule has 3 aromatic rings. The van der Waals surface area contributed by atoms with Gasteiger partial charge in [0.25, 0.3) is 0 Å². The number of benzene rings is 1. The van der Waals surface area contributed by atoms with Gasteiger partial charge in [0.15, 0.2) is 0 Å². The first-order chi connectivity index (χ1) is 13.6. The van der Waals surface area contributed by atoms with E-state index >= 15 is 0 Å². The Kier molecular flexibility index (Phi) is 5.69. The predicted molar refractivity (Wildman–Crippen MR) is 116 cm³/mol. The highest BCUT2D eigenvalue weighted by Crippen LogP contribution is 2.28. The van der Waals surface area contributed by atoms with Crippen LogP contribution in [-0.4, -0.2) is 39.4 Å². The molecule has 1 saturated heterocycles. The van der Waals surface area contributed by atoms with Crippen LogP contribution in [0.4, 0.5) is 5.82 Å².